The van der Waals surface area contributed by atoms with Crippen molar-refractivity contribution in [2.75, 3.05) is 12.4 Å². The number of fused-ring (bicyclic) bond motifs is 1. The molecule has 3 aromatic rings. The van der Waals surface area contributed by atoms with Crippen molar-refractivity contribution in [3.05, 3.63) is 77.0 Å². The fraction of sp³-hybridized carbons (Fsp3) is 0.0952. The summed E-state index contributed by atoms with van der Waals surface area (Å²) >= 11 is 0. The minimum Gasteiger partial charge on any atom is -0.306 e. The van der Waals surface area contributed by atoms with E-state index in [0.717, 1.165) is 10.5 Å². The first-order valence-corrected chi connectivity index (χ1v) is 8.63. The smallest absolute Gasteiger partial charge is 0.261 e. The van der Waals surface area contributed by atoms with Gasteiger partial charge in [-0.1, -0.05) is 30.3 Å². The molecule has 1 aliphatic rings. The van der Waals surface area contributed by atoms with Gasteiger partial charge in [0.1, 0.15) is 5.82 Å². The highest BCUT2D eigenvalue weighted by atomic mass is 16.2. The number of nitrogens with zero attached hydrogens (tertiary/aromatic N) is 3. The first-order chi connectivity index (χ1) is 13.4. The Morgan fingerprint density at radius 1 is 0.929 bits per heavy atom. The second-order valence-electron chi connectivity index (χ2n) is 6.47. The maximum atomic E-state index is 12.7. The lowest BCUT2D eigenvalue weighted by molar-refractivity contribution is 0.0693. The molecule has 0 bridgehead atoms. The van der Waals surface area contributed by atoms with E-state index in [1.165, 1.54) is 25.2 Å². The number of imide groups is 1. The molecule has 138 valence electrons. The van der Waals surface area contributed by atoms with Gasteiger partial charge in [-0.3, -0.25) is 19.3 Å². The Kier molecular flexibility index (Phi) is 4.19. The van der Waals surface area contributed by atoms with Crippen LogP contribution in [0.4, 0.5) is 5.82 Å². The van der Waals surface area contributed by atoms with Gasteiger partial charge in [0.15, 0.2) is 5.82 Å². The largest absolute Gasteiger partial charge is 0.306 e. The summed E-state index contributed by atoms with van der Waals surface area (Å²) in [5.74, 6) is -0.344. The average Bonchev–Trinajstić information content (AvgIpc) is 2.92. The van der Waals surface area contributed by atoms with Gasteiger partial charge in [0, 0.05) is 29.9 Å². The summed E-state index contributed by atoms with van der Waals surface area (Å²) in [7, 11) is 1.42. The highest BCUT2D eigenvalue weighted by Gasteiger charge is 2.33. The summed E-state index contributed by atoms with van der Waals surface area (Å²) in [5.41, 5.74) is 2.34. The quantitative estimate of drug-likeness (QED) is 0.714. The molecule has 0 saturated heterocycles. The number of rotatable bonds is 3. The predicted molar refractivity (Wildman–Crippen MR) is 103 cm³/mol. The van der Waals surface area contributed by atoms with Crippen molar-refractivity contribution >= 4 is 23.5 Å². The van der Waals surface area contributed by atoms with Crippen LogP contribution < -0.4 is 5.32 Å². The summed E-state index contributed by atoms with van der Waals surface area (Å²) in [6.07, 6.45) is 0. The minimum absolute atomic E-state index is 0.226. The molecular formula is C21H16N4O3. The van der Waals surface area contributed by atoms with E-state index in [2.05, 4.69) is 15.3 Å². The lowest BCUT2D eigenvalue weighted by Gasteiger charge is -2.08. The number of aryl methyl sites for hydroxylation is 1. The lowest BCUT2D eigenvalue weighted by Crippen LogP contribution is -2.24. The van der Waals surface area contributed by atoms with Gasteiger partial charge in [-0.25, -0.2) is 9.97 Å². The van der Waals surface area contributed by atoms with Crippen LogP contribution in [-0.2, 0) is 0 Å². The van der Waals surface area contributed by atoms with Crippen LogP contribution in [0.1, 0.15) is 36.8 Å². The van der Waals surface area contributed by atoms with Gasteiger partial charge in [0.25, 0.3) is 17.7 Å². The maximum Gasteiger partial charge on any atom is 0.261 e. The number of amides is 3. The molecule has 1 N–H and O–H groups in total. The standard InChI is InChI=1S/C21H16N4O3/c1-12-10-17(23-18(22-12)13-6-4-3-5-7-13)24-19(26)14-8-9-15-16(11-14)21(28)25(2)20(15)27/h3-11H,1-2H3,(H,22,23,24,26). The third kappa shape index (κ3) is 3.03. The number of carbonyl (C=O) groups excluding carboxylic acids is 3. The first-order valence-electron chi connectivity index (χ1n) is 8.63. The zero-order chi connectivity index (χ0) is 19.8. The van der Waals surface area contributed by atoms with Gasteiger partial charge >= 0.3 is 0 Å². The van der Waals surface area contributed by atoms with E-state index in [9.17, 15) is 14.4 Å². The molecule has 7 nitrogen and oxygen atoms in total. The average molecular weight is 372 g/mol. The van der Waals surface area contributed by atoms with E-state index in [0.29, 0.717) is 22.9 Å². The summed E-state index contributed by atoms with van der Waals surface area (Å²) in [6, 6.07) is 15.6. The van der Waals surface area contributed by atoms with E-state index < -0.39 is 11.8 Å². The number of hydrogen-bond donors (Lipinski definition) is 1. The Hall–Kier alpha value is -3.87. The summed E-state index contributed by atoms with van der Waals surface area (Å²) in [4.78, 5) is 46.6. The van der Waals surface area contributed by atoms with Gasteiger partial charge in [-0.2, -0.15) is 0 Å². The van der Waals surface area contributed by atoms with E-state index in [-0.39, 0.29) is 17.0 Å². The number of nitrogens with one attached hydrogen (secondary N) is 1. The summed E-state index contributed by atoms with van der Waals surface area (Å²) in [5, 5.41) is 2.74. The van der Waals surface area contributed by atoms with Crippen molar-refractivity contribution in [3.8, 4) is 11.4 Å². The van der Waals surface area contributed by atoms with Crippen LogP contribution in [0.2, 0.25) is 0 Å². The van der Waals surface area contributed by atoms with Gasteiger partial charge in [0.2, 0.25) is 0 Å². The van der Waals surface area contributed by atoms with Crippen LogP contribution in [0.25, 0.3) is 11.4 Å². The third-order valence-corrected chi connectivity index (χ3v) is 4.48. The van der Waals surface area contributed by atoms with E-state index in [1.807, 2.05) is 37.3 Å². The van der Waals surface area contributed by atoms with Crippen LogP contribution in [0, 0.1) is 6.92 Å². The van der Waals surface area contributed by atoms with E-state index >= 15 is 0 Å². The zero-order valence-corrected chi connectivity index (χ0v) is 15.3. The molecule has 0 spiro atoms. The number of carbonyl (C=O) groups is 3. The summed E-state index contributed by atoms with van der Waals surface area (Å²) in [6.45, 7) is 1.82. The van der Waals surface area contributed by atoms with Crippen molar-refractivity contribution in [3.63, 3.8) is 0 Å². The van der Waals surface area contributed by atoms with Gasteiger partial charge in [-0.15, -0.1) is 0 Å². The van der Waals surface area contributed by atoms with Crippen LogP contribution in [-0.4, -0.2) is 39.6 Å². The molecule has 7 heteroatoms. The number of hydrogen-bond acceptors (Lipinski definition) is 5. The Labute approximate surface area is 161 Å². The Morgan fingerprint density at radius 3 is 2.39 bits per heavy atom. The molecule has 2 heterocycles. The molecule has 1 aromatic heterocycles. The highest BCUT2D eigenvalue weighted by molar-refractivity contribution is 6.22. The number of benzene rings is 2. The van der Waals surface area contributed by atoms with Crippen molar-refractivity contribution in [2.24, 2.45) is 0 Å². The lowest BCUT2D eigenvalue weighted by atomic mass is 10.1. The SMILES string of the molecule is Cc1cc(NC(=O)c2ccc3c(c2)C(=O)N(C)C3=O)nc(-c2ccccc2)n1. The molecule has 28 heavy (non-hydrogen) atoms. The highest BCUT2D eigenvalue weighted by Crippen LogP contribution is 2.23. The summed E-state index contributed by atoms with van der Waals surface area (Å²) < 4.78 is 0. The second kappa shape index (κ2) is 6.70. The first kappa shape index (κ1) is 17.5. The fourth-order valence-electron chi connectivity index (χ4n) is 3.04. The van der Waals surface area contributed by atoms with Crippen LogP contribution in [0.5, 0.6) is 0 Å². The number of aromatic nitrogens is 2. The molecule has 3 amide bonds. The van der Waals surface area contributed by atoms with Crippen molar-refractivity contribution in [1.29, 1.82) is 0 Å². The van der Waals surface area contributed by atoms with Crippen molar-refractivity contribution in [2.45, 2.75) is 6.92 Å². The minimum atomic E-state index is -0.422. The molecule has 0 atom stereocenters. The fourth-order valence-corrected chi connectivity index (χ4v) is 3.04. The predicted octanol–water partition coefficient (Wildman–Crippen LogP) is 2.93. The second-order valence-corrected chi connectivity index (χ2v) is 6.47. The van der Waals surface area contributed by atoms with Gasteiger partial charge in [0.05, 0.1) is 11.1 Å². The molecule has 0 radical (unpaired) electrons. The normalized spacial score (nSPS) is 12.9. The molecule has 2 aromatic carbocycles. The monoisotopic (exact) mass is 372 g/mol. The molecule has 0 aliphatic carbocycles. The van der Waals surface area contributed by atoms with E-state index in [4.69, 9.17) is 0 Å². The van der Waals surface area contributed by atoms with E-state index in [1.54, 1.807) is 6.07 Å². The van der Waals surface area contributed by atoms with Crippen LogP contribution in [0.3, 0.4) is 0 Å². The molecule has 4 rings (SSSR count). The third-order valence-electron chi connectivity index (χ3n) is 4.48. The molecular weight excluding hydrogens is 356 g/mol. The maximum absolute atomic E-state index is 12.7. The van der Waals surface area contributed by atoms with Crippen LogP contribution in [0.15, 0.2) is 54.6 Å². The molecule has 0 unspecified atom stereocenters. The Bertz CT molecular complexity index is 1130. The molecule has 1 aliphatic heterocycles. The van der Waals surface area contributed by atoms with Gasteiger partial charge in [-0.05, 0) is 25.1 Å². The van der Waals surface area contributed by atoms with Crippen molar-refractivity contribution in [1.82, 2.24) is 14.9 Å². The Morgan fingerprint density at radius 2 is 1.64 bits per heavy atom. The molecule has 0 fully saturated rings. The van der Waals surface area contributed by atoms with Crippen LogP contribution >= 0.6 is 0 Å². The van der Waals surface area contributed by atoms with Gasteiger partial charge < -0.3 is 5.32 Å². The number of anilines is 1. The molecule has 0 saturated carbocycles. The van der Waals surface area contributed by atoms with Crippen molar-refractivity contribution < 1.29 is 14.4 Å². The Balaban J connectivity index is 1.62. The zero-order valence-electron chi connectivity index (χ0n) is 15.3. The topological polar surface area (TPSA) is 92.3 Å².